The molecular weight excluding hydrogens is 436 g/mol. The standard InChI is InChI=1S/C18H25BrN2O5S/c1-13-11-20(8-9-21(13)17(23)26-18(2,3)4)16(22)12-27(24,25)15-7-5-6-14(19)10-15/h5-7,10,13H,8-9,11-12H2,1-4H3. The Morgan fingerprint density at radius 2 is 1.93 bits per heavy atom. The van der Waals surface area contributed by atoms with Gasteiger partial charge in [-0.2, -0.15) is 0 Å². The molecule has 1 aromatic rings. The Morgan fingerprint density at radius 3 is 2.48 bits per heavy atom. The molecular formula is C18H25BrN2O5S. The Balaban J connectivity index is 2.00. The quantitative estimate of drug-likeness (QED) is 0.691. The molecule has 1 aliphatic heterocycles. The van der Waals surface area contributed by atoms with E-state index in [4.69, 9.17) is 4.74 Å². The summed E-state index contributed by atoms with van der Waals surface area (Å²) in [5.41, 5.74) is -0.595. The highest BCUT2D eigenvalue weighted by molar-refractivity contribution is 9.10. The van der Waals surface area contributed by atoms with Gasteiger partial charge in [0.2, 0.25) is 5.91 Å². The van der Waals surface area contributed by atoms with Crippen LogP contribution < -0.4 is 0 Å². The summed E-state index contributed by atoms with van der Waals surface area (Å²) in [7, 11) is -3.73. The molecule has 150 valence electrons. The first-order valence-corrected chi connectivity index (χ1v) is 11.1. The Morgan fingerprint density at radius 1 is 1.26 bits per heavy atom. The number of sulfone groups is 1. The van der Waals surface area contributed by atoms with Crippen molar-refractivity contribution in [2.24, 2.45) is 0 Å². The predicted molar refractivity (Wildman–Crippen MR) is 105 cm³/mol. The monoisotopic (exact) mass is 460 g/mol. The average molecular weight is 461 g/mol. The lowest BCUT2D eigenvalue weighted by Crippen LogP contribution is -2.57. The molecule has 0 radical (unpaired) electrons. The molecule has 7 nitrogen and oxygen atoms in total. The normalized spacial score (nSPS) is 18.3. The molecule has 1 saturated heterocycles. The van der Waals surface area contributed by atoms with Crippen molar-refractivity contribution in [1.82, 2.24) is 9.80 Å². The van der Waals surface area contributed by atoms with Gasteiger partial charge in [-0.15, -0.1) is 0 Å². The molecule has 0 N–H and O–H groups in total. The van der Waals surface area contributed by atoms with Gasteiger partial charge in [0.25, 0.3) is 0 Å². The van der Waals surface area contributed by atoms with Crippen LogP contribution in [0.1, 0.15) is 27.7 Å². The van der Waals surface area contributed by atoms with Crippen LogP contribution in [0.25, 0.3) is 0 Å². The van der Waals surface area contributed by atoms with Gasteiger partial charge in [0.05, 0.1) is 4.90 Å². The molecule has 1 aromatic carbocycles. The molecule has 2 amide bonds. The Bertz CT molecular complexity index is 819. The van der Waals surface area contributed by atoms with Crippen molar-refractivity contribution < 1.29 is 22.7 Å². The molecule has 0 spiro atoms. The van der Waals surface area contributed by atoms with E-state index in [1.165, 1.54) is 17.0 Å². The summed E-state index contributed by atoms with van der Waals surface area (Å²) in [6.07, 6.45) is -0.427. The highest BCUT2D eigenvalue weighted by Gasteiger charge is 2.33. The third kappa shape index (κ3) is 5.93. The summed E-state index contributed by atoms with van der Waals surface area (Å²) >= 11 is 3.24. The van der Waals surface area contributed by atoms with E-state index in [1.807, 2.05) is 6.92 Å². The number of amides is 2. The maximum absolute atomic E-state index is 12.5. The second-order valence-electron chi connectivity index (χ2n) is 7.58. The first-order valence-electron chi connectivity index (χ1n) is 8.65. The second-order valence-corrected chi connectivity index (χ2v) is 10.5. The zero-order valence-electron chi connectivity index (χ0n) is 15.9. The van der Waals surface area contributed by atoms with Crippen LogP contribution in [0.5, 0.6) is 0 Å². The number of carbonyl (C=O) groups is 2. The predicted octanol–water partition coefficient (Wildman–Crippen LogP) is 2.69. The number of carbonyl (C=O) groups excluding carboxylic acids is 2. The number of nitrogens with zero attached hydrogens (tertiary/aromatic N) is 2. The molecule has 0 aromatic heterocycles. The van der Waals surface area contributed by atoms with Crippen LogP contribution in [0, 0.1) is 0 Å². The molecule has 0 saturated carbocycles. The minimum Gasteiger partial charge on any atom is -0.444 e. The maximum Gasteiger partial charge on any atom is 0.410 e. The highest BCUT2D eigenvalue weighted by Crippen LogP contribution is 2.19. The SMILES string of the molecule is CC1CN(C(=O)CS(=O)(=O)c2cccc(Br)c2)CCN1C(=O)OC(C)(C)C. The van der Waals surface area contributed by atoms with E-state index in [2.05, 4.69) is 15.9 Å². The molecule has 1 atom stereocenters. The van der Waals surface area contributed by atoms with Crippen LogP contribution >= 0.6 is 15.9 Å². The van der Waals surface area contributed by atoms with E-state index in [0.29, 0.717) is 11.0 Å². The lowest BCUT2D eigenvalue weighted by atomic mass is 10.2. The minimum atomic E-state index is -3.73. The molecule has 2 rings (SSSR count). The fourth-order valence-corrected chi connectivity index (χ4v) is 4.59. The second kappa shape index (κ2) is 8.18. The third-order valence-corrected chi connectivity index (χ3v) is 6.17. The number of ether oxygens (including phenoxy) is 1. The van der Waals surface area contributed by atoms with Crippen molar-refractivity contribution >= 4 is 37.8 Å². The van der Waals surface area contributed by atoms with Crippen molar-refractivity contribution in [3.63, 3.8) is 0 Å². The minimum absolute atomic E-state index is 0.102. The summed E-state index contributed by atoms with van der Waals surface area (Å²) in [5.74, 6) is -1.06. The molecule has 0 aliphatic carbocycles. The highest BCUT2D eigenvalue weighted by atomic mass is 79.9. The number of hydrogen-bond acceptors (Lipinski definition) is 5. The fourth-order valence-electron chi connectivity index (χ4n) is 2.77. The van der Waals surface area contributed by atoms with E-state index in [1.54, 1.807) is 37.8 Å². The maximum atomic E-state index is 12.5. The fraction of sp³-hybridized carbons (Fsp3) is 0.556. The summed E-state index contributed by atoms with van der Waals surface area (Å²) in [6.45, 7) is 8.04. The Hall–Kier alpha value is -1.61. The van der Waals surface area contributed by atoms with Crippen LogP contribution in [0.2, 0.25) is 0 Å². The molecule has 1 fully saturated rings. The van der Waals surface area contributed by atoms with Crippen LogP contribution in [-0.4, -0.2) is 67.2 Å². The van der Waals surface area contributed by atoms with Gasteiger partial charge in [-0.05, 0) is 45.9 Å². The molecule has 9 heteroatoms. The molecule has 27 heavy (non-hydrogen) atoms. The van der Waals surface area contributed by atoms with Gasteiger partial charge in [-0.25, -0.2) is 13.2 Å². The molecule has 1 unspecified atom stereocenters. The van der Waals surface area contributed by atoms with E-state index < -0.39 is 33.2 Å². The third-order valence-electron chi connectivity index (χ3n) is 4.08. The zero-order valence-corrected chi connectivity index (χ0v) is 18.3. The van der Waals surface area contributed by atoms with Crippen molar-refractivity contribution in [3.05, 3.63) is 28.7 Å². The van der Waals surface area contributed by atoms with E-state index in [9.17, 15) is 18.0 Å². The van der Waals surface area contributed by atoms with Crippen molar-refractivity contribution in [1.29, 1.82) is 0 Å². The summed E-state index contributed by atoms with van der Waals surface area (Å²) in [4.78, 5) is 27.9. The number of halogens is 1. The lowest BCUT2D eigenvalue weighted by molar-refractivity contribution is -0.131. The van der Waals surface area contributed by atoms with Gasteiger partial charge in [0, 0.05) is 30.1 Å². The number of piperazine rings is 1. The largest absolute Gasteiger partial charge is 0.444 e. The molecule has 1 heterocycles. The number of hydrogen-bond donors (Lipinski definition) is 0. The number of benzene rings is 1. The van der Waals surface area contributed by atoms with E-state index in [0.717, 1.165) is 0 Å². The Labute approximate surface area is 168 Å². The van der Waals surface area contributed by atoms with Crippen LogP contribution in [-0.2, 0) is 19.4 Å². The number of rotatable bonds is 3. The van der Waals surface area contributed by atoms with E-state index >= 15 is 0 Å². The smallest absolute Gasteiger partial charge is 0.410 e. The van der Waals surface area contributed by atoms with Gasteiger partial charge in [-0.1, -0.05) is 22.0 Å². The average Bonchev–Trinajstić information content (AvgIpc) is 2.52. The van der Waals surface area contributed by atoms with Crippen molar-refractivity contribution in [2.75, 3.05) is 25.4 Å². The molecule has 0 bridgehead atoms. The summed E-state index contributed by atoms with van der Waals surface area (Å²) in [5, 5.41) is 0. The lowest BCUT2D eigenvalue weighted by Gasteiger charge is -2.40. The van der Waals surface area contributed by atoms with Gasteiger partial charge in [0.15, 0.2) is 9.84 Å². The first kappa shape index (κ1) is 21.7. The first-order chi connectivity index (χ1) is 12.4. The van der Waals surface area contributed by atoms with Gasteiger partial charge in [-0.3, -0.25) is 4.79 Å². The van der Waals surface area contributed by atoms with Crippen LogP contribution in [0.3, 0.4) is 0 Å². The van der Waals surface area contributed by atoms with Crippen molar-refractivity contribution in [2.45, 2.75) is 44.2 Å². The van der Waals surface area contributed by atoms with Gasteiger partial charge in [0.1, 0.15) is 11.4 Å². The van der Waals surface area contributed by atoms with Crippen molar-refractivity contribution in [3.8, 4) is 0 Å². The zero-order chi connectivity index (χ0) is 20.4. The Kier molecular flexibility index (Phi) is 6.57. The van der Waals surface area contributed by atoms with Gasteiger partial charge >= 0.3 is 6.09 Å². The van der Waals surface area contributed by atoms with Crippen LogP contribution in [0.4, 0.5) is 4.79 Å². The molecule has 1 aliphatic rings. The van der Waals surface area contributed by atoms with Gasteiger partial charge < -0.3 is 14.5 Å². The van der Waals surface area contributed by atoms with E-state index in [-0.39, 0.29) is 24.0 Å². The summed E-state index contributed by atoms with van der Waals surface area (Å²) in [6, 6.07) is 6.02. The van der Waals surface area contributed by atoms with Crippen LogP contribution in [0.15, 0.2) is 33.6 Å². The topological polar surface area (TPSA) is 84.0 Å². The summed E-state index contributed by atoms with van der Waals surface area (Å²) < 4.78 is 31.0.